The number of nitrogen functional groups attached to an aromatic ring is 1. The number of pyridine rings is 1. The highest BCUT2D eigenvalue weighted by Crippen LogP contribution is 2.50. The second-order valence-corrected chi connectivity index (χ2v) is 11.8. The third kappa shape index (κ3) is 3.52. The molecule has 0 aromatic carbocycles. The van der Waals surface area contributed by atoms with E-state index in [1.807, 2.05) is 29.4 Å². The van der Waals surface area contributed by atoms with E-state index < -0.39 is 5.60 Å². The maximum absolute atomic E-state index is 13.2. The van der Waals surface area contributed by atoms with Gasteiger partial charge in [-0.3, -0.25) is 9.78 Å². The van der Waals surface area contributed by atoms with Gasteiger partial charge in [-0.2, -0.15) is 9.61 Å². The summed E-state index contributed by atoms with van der Waals surface area (Å²) >= 11 is 0. The summed E-state index contributed by atoms with van der Waals surface area (Å²) < 4.78 is 1.77. The number of hydrogen-bond acceptors (Lipinski definition) is 8. The molecule has 8 rings (SSSR count). The summed E-state index contributed by atoms with van der Waals surface area (Å²) in [6, 6.07) is 4.21. The van der Waals surface area contributed by atoms with Crippen molar-refractivity contribution in [3.05, 3.63) is 53.6 Å². The molecule has 3 atom stereocenters. The Balaban J connectivity index is 1.16. The van der Waals surface area contributed by atoms with Crippen LogP contribution in [0, 0.1) is 0 Å². The average molecular weight is 526 g/mol. The summed E-state index contributed by atoms with van der Waals surface area (Å²) in [5.74, 6) is 1.55. The Bertz CT molecular complexity index is 1560. The van der Waals surface area contributed by atoms with Crippen LogP contribution in [0.5, 0.6) is 0 Å². The van der Waals surface area contributed by atoms with Crippen LogP contribution in [0.1, 0.15) is 97.2 Å². The number of H-pyrrole nitrogens is 1. The number of aromatic amines is 1. The number of carbonyl (C=O) groups is 1. The Kier molecular flexibility index (Phi) is 4.92. The van der Waals surface area contributed by atoms with E-state index in [0.29, 0.717) is 17.6 Å². The molecule has 0 spiro atoms. The molecule has 4 aliphatic rings. The van der Waals surface area contributed by atoms with Gasteiger partial charge in [-0.25, -0.2) is 4.98 Å². The molecule has 2 aliphatic heterocycles. The quantitative estimate of drug-likeness (QED) is 0.359. The number of carbonyl (C=O) groups excluding carboxylic acids is 1. The number of hydrogen-bond donors (Lipinski definition) is 3. The van der Waals surface area contributed by atoms with Crippen LogP contribution in [0.15, 0.2) is 30.9 Å². The fraction of sp³-hybridized carbons (Fsp3) is 0.500. The highest BCUT2D eigenvalue weighted by molar-refractivity contribution is 5.91. The standard InChI is InChI=1S/C28H31N9O2/c29-24-22(15-2-3-15)23(17-10-18-5-6-19(11-17)36(18)27(38)25-31-14-32-35-25)34-26-20(13-33-37(24)26)16-4-7-21(30-12-16)28(39)8-1-9-28/h4,7,12-15,17-19,39H,1-3,5-6,8-11,29H2,(H,31,32,35)/t17-,18-,19+. The number of aromatic nitrogens is 7. The van der Waals surface area contributed by atoms with Crippen LogP contribution in [0.3, 0.4) is 0 Å². The van der Waals surface area contributed by atoms with Gasteiger partial charge in [-0.15, -0.1) is 10.2 Å². The van der Waals surface area contributed by atoms with Crippen LogP contribution in [0.2, 0.25) is 0 Å². The predicted molar refractivity (Wildman–Crippen MR) is 142 cm³/mol. The summed E-state index contributed by atoms with van der Waals surface area (Å²) in [7, 11) is 0. The highest BCUT2D eigenvalue weighted by atomic mass is 16.3. The average Bonchev–Trinajstić information content (AvgIpc) is 3.32. The minimum atomic E-state index is -0.794. The normalized spacial score (nSPS) is 25.7. The van der Waals surface area contributed by atoms with Gasteiger partial charge in [-0.05, 0) is 69.8 Å². The van der Waals surface area contributed by atoms with Crippen molar-refractivity contribution in [2.75, 3.05) is 5.73 Å². The van der Waals surface area contributed by atoms with E-state index in [2.05, 4.69) is 25.3 Å². The summed E-state index contributed by atoms with van der Waals surface area (Å²) in [5.41, 5.74) is 11.5. The minimum absolute atomic E-state index is 0.0654. The topological polar surface area (TPSA) is 151 Å². The Morgan fingerprint density at radius 1 is 1.08 bits per heavy atom. The summed E-state index contributed by atoms with van der Waals surface area (Å²) in [5, 5.41) is 23.1. The molecule has 11 nitrogen and oxygen atoms in total. The lowest BCUT2D eigenvalue weighted by Crippen LogP contribution is -2.46. The first-order valence-corrected chi connectivity index (χ1v) is 14.0. The zero-order valence-electron chi connectivity index (χ0n) is 21.6. The lowest BCUT2D eigenvalue weighted by molar-refractivity contribution is -0.0426. The zero-order chi connectivity index (χ0) is 26.3. The van der Waals surface area contributed by atoms with E-state index in [0.717, 1.165) is 91.5 Å². The molecule has 2 aliphatic carbocycles. The number of nitrogens with zero attached hydrogens (tertiary/aromatic N) is 7. The van der Waals surface area contributed by atoms with Crippen LogP contribution in [0.4, 0.5) is 5.82 Å². The third-order valence-corrected chi connectivity index (χ3v) is 9.44. The van der Waals surface area contributed by atoms with Gasteiger partial charge < -0.3 is 20.7 Å². The summed E-state index contributed by atoms with van der Waals surface area (Å²) in [6.07, 6.45) is 13.5. The van der Waals surface area contributed by atoms with Gasteiger partial charge in [0.05, 0.1) is 17.6 Å². The van der Waals surface area contributed by atoms with Gasteiger partial charge in [0.15, 0.2) is 5.65 Å². The maximum atomic E-state index is 13.2. The molecule has 4 aromatic heterocycles. The van der Waals surface area contributed by atoms with E-state index >= 15 is 0 Å². The third-order valence-electron chi connectivity index (χ3n) is 9.44. The molecule has 2 saturated heterocycles. The monoisotopic (exact) mass is 525 g/mol. The maximum Gasteiger partial charge on any atom is 0.292 e. The van der Waals surface area contributed by atoms with E-state index in [1.54, 1.807) is 4.52 Å². The molecule has 4 aromatic rings. The van der Waals surface area contributed by atoms with Crippen LogP contribution >= 0.6 is 0 Å². The molecule has 200 valence electrons. The smallest absolute Gasteiger partial charge is 0.292 e. The van der Waals surface area contributed by atoms with Crippen molar-refractivity contribution in [2.45, 2.75) is 87.3 Å². The molecule has 6 heterocycles. The number of aliphatic hydroxyl groups is 1. The van der Waals surface area contributed by atoms with Crippen molar-refractivity contribution in [1.82, 2.24) is 39.7 Å². The molecule has 4 N–H and O–H groups in total. The Morgan fingerprint density at radius 3 is 2.49 bits per heavy atom. The second-order valence-electron chi connectivity index (χ2n) is 11.8. The van der Waals surface area contributed by atoms with Gasteiger partial charge in [0.1, 0.15) is 17.7 Å². The van der Waals surface area contributed by atoms with Gasteiger partial charge in [0, 0.05) is 40.9 Å². The van der Waals surface area contributed by atoms with Crippen LogP contribution in [-0.4, -0.2) is 62.8 Å². The van der Waals surface area contributed by atoms with Gasteiger partial charge in [0.25, 0.3) is 5.91 Å². The van der Waals surface area contributed by atoms with Crippen molar-refractivity contribution < 1.29 is 9.90 Å². The van der Waals surface area contributed by atoms with E-state index in [-0.39, 0.29) is 23.9 Å². The lowest BCUT2D eigenvalue weighted by Gasteiger charge is -2.39. The van der Waals surface area contributed by atoms with Gasteiger partial charge >= 0.3 is 0 Å². The Hall–Kier alpha value is -3.86. The minimum Gasteiger partial charge on any atom is -0.384 e. The molecular weight excluding hydrogens is 494 g/mol. The van der Waals surface area contributed by atoms with Crippen molar-refractivity contribution in [3.8, 4) is 11.1 Å². The fourth-order valence-electron chi connectivity index (χ4n) is 7.11. The van der Waals surface area contributed by atoms with E-state index in [4.69, 9.17) is 10.7 Å². The number of rotatable bonds is 5. The lowest BCUT2D eigenvalue weighted by atomic mass is 9.77. The van der Waals surface area contributed by atoms with E-state index in [9.17, 15) is 9.90 Å². The van der Waals surface area contributed by atoms with Gasteiger partial charge in [-0.1, -0.05) is 6.07 Å². The molecule has 0 unspecified atom stereocenters. The van der Waals surface area contributed by atoms with Gasteiger partial charge in [0.2, 0.25) is 5.82 Å². The van der Waals surface area contributed by atoms with Crippen LogP contribution in [0.25, 0.3) is 16.8 Å². The molecule has 39 heavy (non-hydrogen) atoms. The zero-order valence-corrected chi connectivity index (χ0v) is 21.6. The number of nitrogens with two attached hydrogens (primary N) is 1. The first-order valence-electron chi connectivity index (χ1n) is 14.0. The van der Waals surface area contributed by atoms with E-state index in [1.165, 1.54) is 6.33 Å². The predicted octanol–water partition coefficient (Wildman–Crippen LogP) is 3.29. The van der Waals surface area contributed by atoms with Crippen molar-refractivity contribution >= 4 is 17.4 Å². The first kappa shape index (κ1) is 23.1. The SMILES string of the molecule is Nc1c(C2CC2)c([C@@H]2C[C@H]3CC[C@@H](C2)N3C(=O)c2nnc[nH]2)nc2c(-c3ccc(C4(O)CCC4)nc3)cnn12. The molecule has 2 saturated carbocycles. The number of fused-ring (bicyclic) bond motifs is 3. The summed E-state index contributed by atoms with van der Waals surface area (Å²) in [4.78, 5) is 28.0. The molecule has 11 heteroatoms. The van der Waals surface area contributed by atoms with Crippen molar-refractivity contribution in [2.24, 2.45) is 0 Å². The highest BCUT2D eigenvalue weighted by Gasteiger charge is 2.46. The largest absolute Gasteiger partial charge is 0.384 e. The second kappa shape index (κ2) is 8.32. The molecule has 1 amide bonds. The number of piperidine rings is 1. The number of nitrogens with one attached hydrogen (secondary N) is 1. The number of anilines is 1. The fourth-order valence-corrected chi connectivity index (χ4v) is 7.11. The Morgan fingerprint density at radius 2 is 1.87 bits per heavy atom. The van der Waals surface area contributed by atoms with Crippen molar-refractivity contribution in [3.63, 3.8) is 0 Å². The van der Waals surface area contributed by atoms with Crippen molar-refractivity contribution in [1.29, 1.82) is 0 Å². The number of amides is 1. The molecular formula is C28H31N9O2. The Labute approximate surface area is 224 Å². The summed E-state index contributed by atoms with van der Waals surface area (Å²) in [6.45, 7) is 0. The van der Waals surface area contributed by atoms with Crippen LogP contribution < -0.4 is 5.73 Å². The molecule has 2 bridgehead atoms. The van der Waals surface area contributed by atoms with Crippen LogP contribution in [-0.2, 0) is 5.60 Å². The first-order chi connectivity index (χ1) is 19.0. The molecule has 4 fully saturated rings. The molecule has 0 radical (unpaired) electrons.